The van der Waals surface area contributed by atoms with Gasteiger partial charge in [-0.05, 0) is 39.0 Å². The highest BCUT2D eigenvalue weighted by atomic mass is 35.5. The highest BCUT2D eigenvalue weighted by Crippen LogP contribution is 2.33. The van der Waals surface area contributed by atoms with Crippen LogP contribution in [-0.4, -0.2) is 15.6 Å². The number of carbonyl (C=O) groups is 1. The second-order valence-electron chi connectivity index (χ2n) is 4.42. The number of benzene rings is 1. The van der Waals surface area contributed by atoms with E-state index in [0.717, 1.165) is 22.5 Å². The van der Waals surface area contributed by atoms with Crippen LogP contribution < -0.4 is 0 Å². The van der Waals surface area contributed by atoms with E-state index in [1.165, 1.54) is 0 Å². The van der Waals surface area contributed by atoms with Gasteiger partial charge < -0.3 is 0 Å². The van der Waals surface area contributed by atoms with Crippen molar-refractivity contribution in [2.45, 2.75) is 20.8 Å². The molecule has 1 aromatic heterocycles. The molecule has 0 aliphatic carbocycles. The Morgan fingerprint density at radius 3 is 2.50 bits per heavy atom. The van der Waals surface area contributed by atoms with Crippen molar-refractivity contribution < 1.29 is 4.79 Å². The maximum absolute atomic E-state index is 11.5. The average Bonchev–Trinajstić information content (AvgIpc) is 2.54. The Morgan fingerprint density at radius 2 is 2.00 bits per heavy atom. The molecular weight excluding hydrogens is 248 g/mol. The first kappa shape index (κ1) is 12.8. The fourth-order valence-corrected chi connectivity index (χ4v) is 2.31. The van der Waals surface area contributed by atoms with E-state index in [2.05, 4.69) is 5.10 Å². The van der Waals surface area contributed by atoms with Crippen LogP contribution in [0.4, 0.5) is 0 Å². The molecule has 94 valence electrons. The second-order valence-corrected chi connectivity index (χ2v) is 4.83. The molecule has 0 radical (unpaired) electrons. The largest absolute Gasteiger partial charge is 0.295 e. The van der Waals surface area contributed by atoms with Crippen LogP contribution in [-0.2, 0) is 7.05 Å². The minimum Gasteiger partial charge on any atom is -0.295 e. The minimum absolute atomic E-state index is 0.0344. The molecule has 0 N–H and O–H groups in total. The Bertz CT molecular complexity index is 629. The first-order valence-electron chi connectivity index (χ1n) is 5.73. The molecule has 0 fully saturated rings. The topological polar surface area (TPSA) is 34.9 Å². The van der Waals surface area contributed by atoms with E-state index in [4.69, 9.17) is 11.6 Å². The summed E-state index contributed by atoms with van der Waals surface area (Å²) in [6, 6.07) is 5.34. The third kappa shape index (κ3) is 2.06. The van der Waals surface area contributed by atoms with Gasteiger partial charge >= 0.3 is 0 Å². The van der Waals surface area contributed by atoms with Crippen LogP contribution in [0.25, 0.3) is 11.1 Å². The number of rotatable bonds is 2. The van der Waals surface area contributed by atoms with E-state index in [9.17, 15) is 4.79 Å². The summed E-state index contributed by atoms with van der Waals surface area (Å²) in [6.07, 6.45) is 0. The van der Waals surface area contributed by atoms with Crippen molar-refractivity contribution in [2.24, 2.45) is 7.05 Å². The van der Waals surface area contributed by atoms with Gasteiger partial charge in [-0.15, -0.1) is 0 Å². The third-order valence-electron chi connectivity index (χ3n) is 3.15. The maximum atomic E-state index is 11.5. The molecule has 1 aromatic carbocycles. The van der Waals surface area contributed by atoms with Crippen molar-refractivity contribution >= 4 is 17.4 Å². The van der Waals surface area contributed by atoms with Crippen LogP contribution in [0.1, 0.15) is 28.7 Å². The van der Waals surface area contributed by atoms with Gasteiger partial charge in [0.05, 0.1) is 5.69 Å². The Hall–Kier alpha value is -1.61. The fraction of sp³-hybridized carbons (Fsp3) is 0.286. The van der Waals surface area contributed by atoms with Crippen molar-refractivity contribution in [3.05, 3.63) is 40.2 Å². The van der Waals surface area contributed by atoms with Gasteiger partial charge in [0.15, 0.2) is 5.78 Å². The summed E-state index contributed by atoms with van der Waals surface area (Å²) in [5.74, 6) is 0.0344. The smallest absolute Gasteiger partial charge is 0.159 e. The highest BCUT2D eigenvalue weighted by molar-refractivity contribution is 6.33. The Kier molecular flexibility index (Phi) is 3.26. The van der Waals surface area contributed by atoms with Gasteiger partial charge in [-0.2, -0.15) is 5.10 Å². The van der Waals surface area contributed by atoms with Crippen LogP contribution in [0.15, 0.2) is 18.2 Å². The van der Waals surface area contributed by atoms with Gasteiger partial charge in [0.1, 0.15) is 0 Å². The van der Waals surface area contributed by atoms with E-state index in [-0.39, 0.29) is 5.78 Å². The molecule has 18 heavy (non-hydrogen) atoms. The zero-order valence-electron chi connectivity index (χ0n) is 10.9. The van der Waals surface area contributed by atoms with Gasteiger partial charge in [-0.3, -0.25) is 9.48 Å². The van der Waals surface area contributed by atoms with Gasteiger partial charge in [-0.1, -0.05) is 11.6 Å². The number of hydrogen-bond acceptors (Lipinski definition) is 2. The normalized spacial score (nSPS) is 10.7. The summed E-state index contributed by atoms with van der Waals surface area (Å²) < 4.78 is 1.82. The van der Waals surface area contributed by atoms with Crippen molar-refractivity contribution in [3.63, 3.8) is 0 Å². The summed E-state index contributed by atoms with van der Waals surface area (Å²) in [6.45, 7) is 5.49. The van der Waals surface area contributed by atoms with Crippen LogP contribution in [0.5, 0.6) is 0 Å². The zero-order valence-corrected chi connectivity index (χ0v) is 11.7. The molecule has 4 heteroatoms. The molecule has 0 saturated carbocycles. The number of halogens is 1. The van der Waals surface area contributed by atoms with E-state index in [0.29, 0.717) is 10.6 Å². The molecule has 0 spiro atoms. The standard InChI is InChI=1S/C14H15ClN2O/c1-8-14(9(2)17(4)16-8)12-7-11(10(3)18)5-6-13(12)15/h5-7H,1-4H3. The third-order valence-corrected chi connectivity index (χ3v) is 3.48. The molecule has 2 rings (SSSR count). The lowest BCUT2D eigenvalue weighted by molar-refractivity contribution is 0.101. The maximum Gasteiger partial charge on any atom is 0.159 e. The molecule has 0 aliphatic rings. The summed E-state index contributed by atoms with van der Waals surface area (Å²) in [5.41, 5.74) is 4.49. The monoisotopic (exact) mass is 262 g/mol. The lowest BCUT2D eigenvalue weighted by atomic mass is 10.00. The molecule has 0 aliphatic heterocycles. The number of hydrogen-bond donors (Lipinski definition) is 0. The lowest BCUT2D eigenvalue weighted by Gasteiger charge is -2.07. The van der Waals surface area contributed by atoms with Gasteiger partial charge in [0.2, 0.25) is 0 Å². The van der Waals surface area contributed by atoms with Crippen LogP contribution >= 0.6 is 11.6 Å². The van der Waals surface area contributed by atoms with Gasteiger partial charge in [-0.25, -0.2) is 0 Å². The zero-order chi connectivity index (χ0) is 13.4. The number of Topliss-reactive ketones (excluding diaryl/α,β-unsaturated/α-hetero) is 1. The van der Waals surface area contributed by atoms with Crippen LogP contribution in [0.3, 0.4) is 0 Å². The molecular formula is C14H15ClN2O. The first-order valence-corrected chi connectivity index (χ1v) is 6.10. The van der Waals surface area contributed by atoms with Crippen molar-refractivity contribution in [1.29, 1.82) is 0 Å². The van der Waals surface area contributed by atoms with E-state index in [1.807, 2.05) is 31.6 Å². The molecule has 0 amide bonds. The summed E-state index contributed by atoms with van der Waals surface area (Å²) >= 11 is 6.24. The average molecular weight is 263 g/mol. The van der Waals surface area contributed by atoms with Crippen molar-refractivity contribution in [2.75, 3.05) is 0 Å². The molecule has 1 heterocycles. The SMILES string of the molecule is CC(=O)c1ccc(Cl)c(-c2c(C)nn(C)c2C)c1. The molecule has 0 atom stereocenters. The van der Waals surface area contributed by atoms with Crippen LogP contribution in [0, 0.1) is 13.8 Å². The first-order chi connectivity index (χ1) is 8.41. The van der Waals surface area contributed by atoms with Crippen molar-refractivity contribution in [1.82, 2.24) is 9.78 Å². The lowest BCUT2D eigenvalue weighted by Crippen LogP contribution is -1.95. The molecule has 0 bridgehead atoms. The predicted octanol–water partition coefficient (Wildman–Crippen LogP) is 3.56. The summed E-state index contributed by atoms with van der Waals surface area (Å²) in [4.78, 5) is 11.5. The van der Waals surface area contributed by atoms with E-state index in [1.54, 1.807) is 19.1 Å². The fourth-order valence-electron chi connectivity index (χ4n) is 2.10. The Balaban J connectivity index is 2.70. The van der Waals surface area contributed by atoms with Gasteiger partial charge in [0.25, 0.3) is 0 Å². The second kappa shape index (κ2) is 4.58. The Labute approximate surface area is 111 Å². The number of aromatic nitrogens is 2. The van der Waals surface area contributed by atoms with Crippen LogP contribution in [0.2, 0.25) is 5.02 Å². The summed E-state index contributed by atoms with van der Waals surface area (Å²) in [5, 5.41) is 5.01. The quantitative estimate of drug-likeness (QED) is 0.776. The van der Waals surface area contributed by atoms with Gasteiger partial charge in [0, 0.05) is 34.5 Å². The molecule has 0 saturated heterocycles. The highest BCUT2D eigenvalue weighted by Gasteiger charge is 2.15. The summed E-state index contributed by atoms with van der Waals surface area (Å²) in [7, 11) is 1.90. The number of carbonyl (C=O) groups excluding carboxylic acids is 1. The number of nitrogens with zero attached hydrogens (tertiary/aromatic N) is 2. The molecule has 2 aromatic rings. The van der Waals surface area contributed by atoms with E-state index < -0.39 is 0 Å². The molecule has 0 unspecified atom stereocenters. The minimum atomic E-state index is 0.0344. The molecule has 3 nitrogen and oxygen atoms in total. The predicted molar refractivity (Wildman–Crippen MR) is 73.1 cm³/mol. The Morgan fingerprint density at radius 1 is 1.33 bits per heavy atom. The number of ketones is 1. The number of aryl methyl sites for hydroxylation is 2. The van der Waals surface area contributed by atoms with E-state index >= 15 is 0 Å². The van der Waals surface area contributed by atoms with Crippen molar-refractivity contribution in [3.8, 4) is 11.1 Å².